The van der Waals surface area contributed by atoms with Gasteiger partial charge in [-0.1, -0.05) is 59.6 Å². The Morgan fingerprint density at radius 1 is 1.00 bits per heavy atom. The third-order valence-corrected chi connectivity index (χ3v) is 6.15. The molecule has 4 rings (SSSR count). The standard InChI is InChI=1S/C28H30ClN3O2/c1-21-12-14-23(15-13-21)34-19-7-6-18-32-26-11-5-4-10-25(26)31-27(32)16-17-30-28(33)20-22-8-2-3-9-24(22)29/h2-5,8-15H,6-7,16-20H2,1H3,(H,30,33). The number of imidazole rings is 1. The molecule has 3 aromatic carbocycles. The molecule has 0 bridgehead atoms. The normalized spacial score (nSPS) is 11.0. The van der Waals surface area contributed by atoms with E-state index in [1.54, 1.807) is 6.07 Å². The molecule has 0 fully saturated rings. The molecule has 0 aliphatic heterocycles. The lowest BCUT2D eigenvalue weighted by Crippen LogP contribution is -2.28. The summed E-state index contributed by atoms with van der Waals surface area (Å²) >= 11 is 6.17. The van der Waals surface area contributed by atoms with Gasteiger partial charge in [0, 0.05) is 24.5 Å². The monoisotopic (exact) mass is 475 g/mol. The van der Waals surface area contributed by atoms with E-state index in [-0.39, 0.29) is 12.3 Å². The molecule has 0 spiro atoms. The predicted molar refractivity (Wildman–Crippen MR) is 138 cm³/mol. The number of fused-ring (bicyclic) bond motifs is 1. The summed E-state index contributed by atoms with van der Waals surface area (Å²) in [6.45, 7) is 4.15. The number of aryl methyl sites for hydroxylation is 2. The van der Waals surface area contributed by atoms with Crippen molar-refractivity contribution in [3.8, 4) is 5.75 Å². The number of unbranched alkanes of at least 4 members (excludes halogenated alkanes) is 1. The number of rotatable bonds is 11. The molecule has 1 N–H and O–H groups in total. The van der Waals surface area contributed by atoms with Crippen molar-refractivity contribution < 1.29 is 9.53 Å². The number of halogens is 1. The molecule has 0 radical (unpaired) electrons. The van der Waals surface area contributed by atoms with Gasteiger partial charge in [0.1, 0.15) is 11.6 Å². The molecule has 5 nitrogen and oxygen atoms in total. The Labute approximate surface area is 205 Å². The molecule has 0 aliphatic rings. The van der Waals surface area contributed by atoms with Gasteiger partial charge in [0.15, 0.2) is 0 Å². The number of amides is 1. The van der Waals surface area contributed by atoms with E-state index in [1.807, 2.05) is 48.5 Å². The summed E-state index contributed by atoms with van der Waals surface area (Å²) in [5.74, 6) is 1.86. The number of nitrogens with one attached hydrogen (secondary N) is 1. The minimum Gasteiger partial charge on any atom is -0.494 e. The number of benzene rings is 3. The molecule has 0 aliphatic carbocycles. The predicted octanol–water partition coefficient (Wildman–Crippen LogP) is 5.76. The van der Waals surface area contributed by atoms with Crippen LogP contribution in [-0.2, 0) is 24.2 Å². The molecule has 1 heterocycles. The van der Waals surface area contributed by atoms with E-state index in [2.05, 4.69) is 35.0 Å². The van der Waals surface area contributed by atoms with E-state index in [0.29, 0.717) is 24.6 Å². The molecular weight excluding hydrogens is 446 g/mol. The van der Waals surface area contributed by atoms with Crippen LogP contribution in [0.5, 0.6) is 5.75 Å². The summed E-state index contributed by atoms with van der Waals surface area (Å²) in [5, 5.41) is 3.62. The van der Waals surface area contributed by atoms with Crippen LogP contribution in [0.4, 0.5) is 0 Å². The third-order valence-electron chi connectivity index (χ3n) is 5.78. The first-order valence-electron chi connectivity index (χ1n) is 11.7. The Bertz CT molecular complexity index is 1230. The smallest absolute Gasteiger partial charge is 0.224 e. The zero-order valence-corrected chi connectivity index (χ0v) is 20.2. The van der Waals surface area contributed by atoms with Crippen LogP contribution >= 0.6 is 11.6 Å². The van der Waals surface area contributed by atoms with Crippen molar-refractivity contribution in [2.24, 2.45) is 0 Å². The average molecular weight is 476 g/mol. The van der Waals surface area contributed by atoms with Crippen LogP contribution in [0, 0.1) is 6.92 Å². The zero-order valence-electron chi connectivity index (χ0n) is 19.5. The Kier molecular flexibility index (Phi) is 8.21. The maximum absolute atomic E-state index is 12.4. The highest BCUT2D eigenvalue weighted by Crippen LogP contribution is 2.18. The summed E-state index contributed by atoms with van der Waals surface area (Å²) in [4.78, 5) is 17.2. The van der Waals surface area contributed by atoms with Gasteiger partial charge in [0.25, 0.3) is 0 Å². The van der Waals surface area contributed by atoms with Crippen molar-refractivity contribution in [3.63, 3.8) is 0 Å². The number of carbonyl (C=O) groups is 1. The summed E-state index contributed by atoms with van der Waals surface area (Å²) < 4.78 is 8.13. The highest BCUT2D eigenvalue weighted by Gasteiger charge is 2.11. The molecule has 4 aromatic rings. The second-order valence-corrected chi connectivity index (χ2v) is 8.81. The van der Waals surface area contributed by atoms with Crippen molar-refractivity contribution in [3.05, 3.63) is 94.8 Å². The SMILES string of the molecule is Cc1ccc(OCCCCn2c(CCNC(=O)Cc3ccccc3Cl)nc3ccccc32)cc1. The van der Waals surface area contributed by atoms with Gasteiger partial charge in [-0.2, -0.15) is 0 Å². The molecule has 0 saturated carbocycles. The summed E-state index contributed by atoms with van der Waals surface area (Å²) in [6, 6.07) is 23.8. The maximum Gasteiger partial charge on any atom is 0.224 e. The first-order valence-corrected chi connectivity index (χ1v) is 12.1. The molecule has 6 heteroatoms. The zero-order chi connectivity index (χ0) is 23.8. The minimum absolute atomic E-state index is 0.0379. The number of hydrogen-bond acceptors (Lipinski definition) is 3. The second-order valence-electron chi connectivity index (χ2n) is 8.41. The minimum atomic E-state index is -0.0379. The molecule has 1 aromatic heterocycles. The quantitative estimate of drug-likeness (QED) is 0.281. The highest BCUT2D eigenvalue weighted by atomic mass is 35.5. The summed E-state index contributed by atoms with van der Waals surface area (Å²) in [6.07, 6.45) is 2.88. The van der Waals surface area contributed by atoms with Gasteiger partial charge >= 0.3 is 0 Å². The van der Waals surface area contributed by atoms with E-state index in [0.717, 1.165) is 47.6 Å². The van der Waals surface area contributed by atoms with Crippen LogP contribution < -0.4 is 10.1 Å². The molecule has 34 heavy (non-hydrogen) atoms. The van der Waals surface area contributed by atoms with Gasteiger partial charge in [-0.05, 0) is 55.7 Å². The molecule has 0 saturated heterocycles. The van der Waals surface area contributed by atoms with Crippen molar-refractivity contribution >= 4 is 28.5 Å². The van der Waals surface area contributed by atoms with Gasteiger partial charge in [0.05, 0.1) is 24.1 Å². The maximum atomic E-state index is 12.4. The van der Waals surface area contributed by atoms with E-state index in [1.165, 1.54) is 5.56 Å². The number of hydrogen-bond donors (Lipinski definition) is 1. The van der Waals surface area contributed by atoms with Crippen LogP contribution in [0.1, 0.15) is 29.8 Å². The van der Waals surface area contributed by atoms with Gasteiger partial charge < -0.3 is 14.6 Å². The van der Waals surface area contributed by atoms with E-state index >= 15 is 0 Å². The van der Waals surface area contributed by atoms with Crippen molar-refractivity contribution in [2.45, 2.75) is 39.2 Å². The Morgan fingerprint density at radius 2 is 1.76 bits per heavy atom. The van der Waals surface area contributed by atoms with Crippen LogP contribution in [0.25, 0.3) is 11.0 Å². The van der Waals surface area contributed by atoms with Crippen molar-refractivity contribution in [2.75, 3.05) is 13.2 Å². The van der Waals surface area contributed by atoms with Gasteiger partial charge in [-0.15, -0.1) is 0 Å². The van der Waals surface area contributed by atoms with Gasteiger partial charge in [0.2, 0.25) is 5.91 Å². The third kappa shape index (κ3) is 6.39. The highest BCUT2D eigenvalue weighted by molar-refractivity contribution is 6.31. The number of ether oxygens (including phenoxy) is 1. The molecular formula is C28H30ClN3O2. The summed E-state index contributed by atoms with van der Waals surface area (Å²) in [7, 11) is 0. The van der Waals surface area contributed by atoms with Crippen LogP contribution in [0.2, 0.25) is 5.02 Å². The molecule has 0 atom stereocenters. The number of para-hydroxylation sites is 2. The van der Waals surface area contributed by atoms with Gasteiger partial charge in [-0.3, -0.25) is 4.79 Å². The Hall–Kier alpha value is -3.31. The fraction of sp³-hybridized carbons (Fsp3) is 0.286. The lowest BCUT2D eigenvalue weighted by molar-refractivity contribution is -0.120. The van der Waals surface area contributed by atoms with E-state index < -0.39 is 0 Å². The van der Waals surface area contributed by atoms with E-state index in [9.17, 15) is 4.79 Å². The van der Waals surface area contributed by atoms with Gasteiger partial charge in [-0.25, -0.2) is 4.98 Å². The second kappa shape index (κ2) is 11.7. The first kappa shape index (κ1) is 23.8. The fourth-order valence-electron chi connectivity index (χ4n) is 3.95. The number of aromatic nitrogens is 2. The van der Waals surface area contributed by atoms with Crippen LogP contribution in [-0.4, -0.2) is 28.6 Å². The largest absolute Gasteiger partial charge is 0.494 e. The fourth-order valence-corrected chi connectivity index (χ4v) is 4.16. The topological polar surface area (TPSA) is 56.1 Å². The molecule has 1 amide bonds. The lowest BCUT2D eigenvalue weighted by atomic mass is 10.1. The Morgan fingerprint density at radius 3 is 2.59 bits per heavy atom. The molecule has 0 unspecified atom stereocenters. The lowest BCUT2D eigenvalue weighted by Gasteiger charge is -2.11. The number of carbonyl (C=O) groups excluding carboxylic acids is 1. The molecule has 176 valence electrons. The average Bonchev–Trinajstić information content (AvgIpc) is 3.19. The van der Waals surface area contributed by atoms with Crippen molar-refractivity contribution in [1.82, 2.24) is 14.9 Å². The van der Waals surface area contributed by atoms with E-state index in [4.69, 9.17) is 21.3 Å². The van der Waals surface area contributed by atoms with Crippen LogP contribution in [0.15, 0.2) is 72.8 Å². The van der Waals surface area contributed by atoms with Crippen LogP contribution in [0.3, 0.4) is 0 Å². The van der Waals surface area contributed by atoms with Crippen molar-refractivity contribution in [1.29, 1.82) is 0 Å². The first-order chi connectivity index (χ1) is 16.6. The number of nitrogens with zero attached hydrogens (tertiary/aromatic N) is 2. The summed E-state index contributed by atoms with van der Waals surface area (Å²) in [5.41, 5.74) is 4.17. The Balaban J connectivity index is 1.30.